The maximum Gasteiger partial charge on any atom is 0.265 e. The van der Waals surface area contributed by atoms with Crippen LogP contribution in [0.1, 0.15) is 23.6 Å². The molecule has 0 aromatic heterocycles. The second kappa shape index (κ2) is 6.43. The number of carbonyl (C=O) groups is 1. The number of anilines is 1. The fourth-order valence-corrected chi connectivity index (χ4v) is 2.59. The number of hydrogen-bond donors (Lipinski definition) is 1. The molecule has 5 heteroatoms. The van der Waals surface area contributed by atoms with Crippen LogP contribution in [0.3, 0.4) is 0 Å². The average Bonchev–Trinajstić information content (AvgIpc) is 2.99. The van der Waals surface area contributed by atoms with E-state index in [0.717, 1.165) is 22.4 Å². The van der Waals surface area contributed by atoms with E-state index in [2.05, 4.69) is 11.4 Å². The molecule has 2 aromatic carbocycles. The second-order valence-electron chi connectivity index (χ2n) is 6.02. The highest BCUT2D eigenvalue weighted by Gasteiger charge is 2.19. The van der Waals surface area contributed by atoms with Crippen LogP contribution in [0.4, 0.5) is 5.69 Å². The summed E-state index contributed by atoms with van der Waals surface area (Å²) in [5.41, 5.74) is 3.95. The quantitative estimate of drug-likeness (QED) is 0.929. The molecular weight excluding hydrogens is 306 g/mol. The van der Waals surface area contributed by atoms with Gasteiger partial charge in [0, 0.05) is 11.8 Å². The van der Waals surface area contributed by atoms with Crippen LogP contribution in [0.5, 0.6) is 17.2 Å². The number of carbonyl (C=O) groups excluding carboxylic acids is 1. The zero-order chi connectivity index (χ0) is 17.3. The van der Waals surface area contributed by atoms with Crippen molar-refractivity contribution >= 4 is 11.6 Å². The summed E-state index contributed by atoms with van der Waals surface area (Å²) in [6.07, 6.45) is -0.615. The summed E-state index contributed by atoms with van der Waals surface area (Å²) in [5, 5.41) is 2.84. The van der Waals surface area contributed by atoms with Crippen LogP contribution < -0.4 is 19.5 Å². The summed E-state index contributed by atoms with van der Waals surface area (Å²) in [4.78, 5) is 12.4. The van der Waals surface area contributed by atoms with E-state index in [1.54, 1.807) is 25.1 Å². The number of amides is 1. The topological polar surface area (TPSA) is 56.8 Å². The van der Waals surface area contributed by atoms with E-state index < -0.39 is 6.10 Å². The largest absolute Gasteiger partial charge is 0.481 e. The Morgan fingerprint density at radius 3 is 2.67 bits per heavy atom. The van der Waals surface area contributed by atoms with Crippen molar-refractivity contribution in [3.8, 4) is 17.2 Å². The SMILES string of the molecule is Cc1cc(C)c(C)c(O[C@H](C)C(=O)Nc2ccc3c(c2)OCO3)c1. The lowest BCUT2D eigenvalue weighted by Gasteiger charge is -2.18. The maximum absolute atomic E-state index is 12.4. The van der Waals surface area contributed by atoms with Gasteiger partial charge in [0.15, 0.2) is 17.6 Å². The van der Waals surface area contributed by atoms with Crippen LogP contribution in [-0.4, -0.2) is 18.8 Å². The van der Waals surface area contributed by atoms with E-state index >= 15 is 0 Å². The molecule has 1 aliphatic rings. The summed E-state index contributed by atoms with van der Waals surface area (Å²) < 4.78 is 16.4. The Morgan fingerprint density at radius 2 is 1.88 bits per heavy atom. The number of ether oxygens (including phenoxy) is 3. The van der Waals surface area contributed by atoms with E-state index in [0.29, 0.717) is 17.2 Å². The van der Waals surface area contributed by atoms with Crippen LogP contribution >= 0.6 is 0 Å². The number of benzene rings is 2. The number of aryl methyl sites for hydroxylation is 2. The molecule has 5 nitrogen and oxygen atoms in total. The lowest BCUT2D eigenvalue weighted by Crippen LogP contribution is -2.30. The summed E-state index contributed by atoms with van der Waals surface area (Å²) in [7, 11) is 0. The zero-order valence-corrected chi connectivity index (χ0v) is 14.3. The highest BCUT2D eigenvalue weighted by molar-refractivity contribution is 5.94. The maximum atomic E-state index is 12.4. The van der Waals surface area contributed by atoms with E-state index in [4.69, 9.17) is 14.2 Å². The van der Waals surface area contributed by atoms with Gasteiger partial charge in [0.05, 0.1) is 0 Å². The molecule has 1 amide bonds. The Labute approximate surface area is 141 Å². The zero-order valence-electron chi connectivity index (χ0n) is 14.3. The van der Waals surface area contributed by atoms with Gasteiger partial charge in [-0.25, -0.2) is 0 Å². The molecule has 0 saturated carbocycles. The number of hydrogen-bond acceptors (Lipinski definition) is 4. The summed E-state index contributed by atoms with van der Waals surface area (Å²) in [6.45, 7) is 7.98. The Kier molecular flexibility index (Phi) is 4.34. The van der Waals surface area contributed by atoms with Gasteiger partial charge in [0.2, 0.25) is 6.79 Å². The number of fused-ring (bicyclic) bond motifs is 1. The van der Waals surface area contributed by atoms with Crippen molar-refractivity contribution in [2.45, 2.75) is 33.8 Å². The van der Waals surface area contributed by atoms with Crippen molar-refractivity contribution in [1.82, 2.24) is 0 Å². The third-order valence-corrected chi connectivity index (χ3v) is 4.08. The van der Waals surface area contributed by atoms with Crippen molar-refractivity contribution in [3.63, 3.8) is 0 Å². The Hall–Kier alpha value is -2.69. The van der Waals surface area contributed by atoms with Crippen molar-refractivity contribution in [2.75, 3.05) is 12.1 Å². The second-order valence-corrected chi connectivity index (χ2v) is 6.02. The highest BCUT2D eigenvalue weighted by Crippen LogP contribution is 2.34. The Bertz CT molecular complexity index is 785. The Morgan fingerprint density at radius 1 is 1.12 bits per heavy atom. The first-order valence-corrected chi connectivity index (χ1v) is 7.89. The molecule has 0 unspecified atom stereocenters. The molecular formula is C19H21NO4. The van der Waals surface area contributed by atoms with E-state index in [1.165, 1.54) is 0 Å². The molecule has 126 valence electrons. The third kappa shape index (κ3) is 3.30. The smallest absolute Gasteiger partial charge is 0.265 e. The fraction of sp³-hybridized carbons (Fsp3) is 0.316. The van der Waals surface area contributed by atoms with Gasteiger partial charge in [-0.15, -0.1) is 0 Å². The molecule has 0 aliphatic carbocycles. The molecule has 0 bridgehead atoms. The highest BCUT2D eigenvalue weighted by atomic mass is 16.7. The molecule has 1 atom stereocenters. The predicted molar refractivity (Wildman–Crippen MR) is 91.9 cm³/mol. The van der Waals surface area contributed by atoms with Crippen LogP contribution in [0, 0.1) is 20.8 Å². The monoisotopic (exact) mass is 327 g/mol. The van der Waals surface area contributed by atoms with Gasteiger partial charge in [-0.2, -0.15) is 0 Å². The number of nitrogens with one attached hydrogen (secondary N) is 1. The molecule has 1 aliphatic heterocycles. The summed E-state index contributed by atoms with van der Waals surface area (Å²) >= 11 is 0. The number of rotatable bonds is 4. The first-order valence-electron chi connectivity index (χ1n) is 7.89. The minimum absolute atomic E-state index is 0.207. The van der Waals surface area contributed by atoms with Crippen molar-refractivity contribution in [2.24, 2.45) is 0 Å². The summed E-state index contributed by atoms with van der Waals surface area (Å²) in [6, 6.07) is 9.35. The van der Waals surface area contributed by atoms with Crippen LogP contribution in [0.25, 0.3) is 0 Å². The van der Waals surface area contributed by atoms with Gasteiger partial charge in [-0.3, -0.25) is 4.79 Å². The molecule has 2 aromatic rings. The minimum atomic E-state index is -0.615. The average molecular weight is 327 g/mol. The van der Waals surface area contributed by atoms with E-state index in [9.17, 15) is 4.79 Å². The van der Waals surface area contributed by atoms with E-state index in [1.807, 2.05) is 26.8 Å². The van der Waals surface area contributed by atoms with Gasteiger partial charge in [-0.1, -0.05) is 6.07 Å². The molecule has 0 saturated heterocycles. The predicted octanol–water partition coefficient (Wildman–Crippen LogP) is 3.75. The molecule has 3 rings (SSSR count). The van der Waals surface area contributed by atoms with Gasteiger partial charge >= 0.3 is 0 Å². The van der Waals surface area contributed by atoms with Crippen LogP contribution in [0.15, 0.2) is 30.3 Å². The molecule has 24 heavy (non-hydrogen) atoms. The Balaban J connectivity index is 1.69. The van der Waals surface area contributed by atoms with Gasteiger partial charge in [-0.05, 0) is 62.6 Å². The molecule has 1 N–H and O–H groups in total. The van der Waals surface area contributed by atoms with Crippen molar-refractivity contribution < 1.29 is 19.0 Å². The van der Waals surface area contributed by atoms with Crippen LogP contribution in [0.2, 0.25) is 0 Å². The molecule has 0 radical (unpaired) electrons. The molecule has 0 spiro atoms. The van der Waals surface area contributed by atoms with Crippen molar-refractivity contribution in [1.29, 1.82) is 0 Å². The minimum Gasteiger partial charge on any atom is -0.481 e. The lowest BCUT2D eigenvalue weighted by molar-refractivity contribution is -0.122. The van der Waals surface area contributed by atoms with Gasteiger partial charge in [0.1, 0.15) is 5.75 Å². The normalized spacial score (nSPS) is 13.5. The fourth-order valence-electron chi connectivity index (χ4n) is 2.59. The van der Waals surface area contributed by atoms with Gasteiger partial charge < -0.3 is 19.5 Å². The molecule has 1 heterocycles. The first kappa shape index (κ1) is 16.2. The standard InChI is InChI=1S/C19H21NO4/c1-11-7-12(2)13(3)17(8-11)24-14(4)19(21)20-15-5-6-16-18(9-15)23-10-22-16/h5-9,14H,10H2,1-4H3,(H,20,21)/t14-/m1/s1. The van der Waals surface area contributed by atoms with Crippen molar-refractivity contribution in [3.05, 3.63) is 47.0 Å². The third-order valence-electron chi connectivity index (χ3n) is 4.08. The molecule has 0 fully saturated rings. The van der Waals surface area contributed by atoms with Crippen LogP contribution in [-0.2, 0) is 4.79 Å². The lowest BCUT2D eigenvalue weighted by atomic mass is 10.1. The summed E-state index contributed by atoms with van der Waals surface area (Å²) in [5.74, 6) is 1.84. The van der Waals surface area contributed by atoms with E-state index in [-0.39, 0.29) is 12.7 Å². The van der Waals surface area contributed by atoms with Gasteiger partial charge in [0.25, 0.3) is 5.91 Å². The first-order chi connectivity index (χ1) is 11.4.